The summed E-state index contributed by atoms with van der Waals surface area (Å²) in [4.78, 5) is 0. The number of halogens is 1. The van der Waals surface area contributed by atoms with Gasteiger partial charge in [0, 0.05) is 17.5 Å². The minimum atomic E-state index is -0.232. The van der Waals surface area contributed by atoms with Gasteiger partial charge in [-0.25, -0.2) is 0 Å². The number of aliphatic hydroxyl groups is 1. The van der Waals surface area contributed by atoms with Gasteiger partial charge in [0.15, 0.2) is 0 Å². The Morgan fingerprint density at radius 3 is 2.72 bits per heavy atom. The molecule has 1 fully saturated rings. The fourth-order valence-corrected chi connectivity index (χ4v) is 2.83. The Balaban J connectivity index is 1.95. The predicted molar refractivity (Wildman–Crippen MR) is 75.6 cm³/mol. The Morgan fingerprint density at radius 2 is 1.89 bits per heavy atom. The van der Waals surface area contributed by atoms with Crippen molar-refractivity contribution in [2.45, 2.75) is 25.0 Å². The lowest BCUT2D eigenvalue weighted by atomic mass is 9.97. The third kappa shape index (κ3) is 2.44. The van der Waals surface area contributed by atoms with Crippen molar-refractivity contribution in [3.63, 3.8) is 0 Å². The van der Waals surface area contributed by atoms with Gasteiger partial charge in [-0.15, -0.1) is 0 Å². The molecular formula is C15H15BrO2. The monoisotopic (exact) mass is 306 g/mol. The zero-order valence-electron chi connectivity index (χ0n) is 9.97. The fraction of sp³-hybridized carbons (Fsp3) is 0.333. The van der Waals surface area contributed by atoms with Gasteiger partial charge in [-0.05, 0) is 41.0 Å². The molecule has 2 unspecified atom stereocenters. The molecule has 1 saturated heterocycles. The normalized spacial score (nSPS) is 24.3. The number of benzene rings is 2. The van der Waals surface area contributed by atoms with Gasteiger partial charge in [0.1, 0.15) is 0 Å². The number of aliphatic hydroxyl groups excluding tert-OH is 1. The van der Waals surface area contributed by atoms with Crippen molar-refractivity contribution in [2.24, 2.45) is 0 Å². The molecule has 2 aromatic carbocycles. The average molecular weight is 307 g/mol. The summed E-state index contributed by atoms with van der Waals surface area (Å²) >= 11 is 3.48. The quantitative estimate of drug-likeness (QED) is 0.868. The Labute approximate surface area is 115 Å². The summed E-state index contributed by atoms with van der Waals surface area (Å²) in [5, 5.41) is 12.1. The van der Waals surface area contributed by atoms with E-state index in [1.807, 2.05) is 6.07 Å². The molecule has 0 spiro atoms. The highest BCUT2D eigenvalue weighted by molar-refractivity contribution is 9.10. The minimum absolute atomic E-state index is 0.0294. The van der Waals surface area contributed by atoms with Gasteiger partial charge < -0.3 is 9.84 Å². The van der Waals surface area contributed by atoms with E-state index in [0.717, 1.165) is 16.5 Å². The van der Waals surface area contributed by atoms with Crippen molar-refractivity contribution in [3.8, 4) is 0 Å². The minimum Gasteiger partial charge on any atom is -0.393 e. The molecule has 0 saturated carbocycles. The molecule has 3 rings (SSSR count). The van der Waals surface area contributed by atoms with Crippen molar-refractivity contribution < 1.29 is 9.84 Å². The summed E-state index contributed by atoms with van der Waals surface area (Å²) in [6, 6.07) is 12.6. The van der Waals surface area contributed by atoms with Crippen LogP contribution in [0.25, 0.3) is 10.8 Å². The van der Waals surface area contributed by atoms with Crippen molar-refractivity contribution in [2.75, 3.05) is 6.61 Å². The summed E-state index contributed by atoms with van der Waals surface area (Å²) in [5.41, 5.74) is 1.16. The second kappa shape index (κ2) is 5.00. The topological polar surface area (TPSA) is 29.5 Å². The lowest BCUT2D eigenvalue weighted by molar-refractivity contribution is -0.0447. The van der Waals surface area contributed by atoms with E-state index in [9.17, 15) is 5.11 Å². The summed E-state index contributed by atoms with van der Waals surface area (Å²) in [6.07, 6.45) is 1.24. The molecule has 1 aliphatic rings. The highest BCUT2D eigenvalue weighted by atomic mass is 79.9. The van der Waals surface area contributed by atoms with Crippen LogP contribution in [0.4, 0.5) is 0 Å². The van der Waals surface area contributed by atoms with Gasteiger partial charge in [0.2, 0.25) is 0 Å². The van der Waals surface area contributed by atoms with E-state index in [4.69, 9.17) is 4.74 Å². The lowest BCUT2D eigenvalue weighted by Crippen LogP contribution is -2.23. The molecule has 1 N–H and O–H groups in total. The maximum absolute atomic E-state index is 9.70. The van der Waals surface area contributed by atoms with Crippen LogP contribution < -0.4 is 0 Å². The van der Waals surface area contributed by atoms with Gasteiger partial charge in [-0.3, -0.25) is 0 Å². The van der Waals surface area contributed by atoms with Gasteiger partial charge >= 0.3 is 0 Å². The first-order valence-corrected chi connectivity index (χ1v) is 7.00. The second-order valence-electron chi connectivity index (χ2n) is 4.79. The Bertz CT molecular complexity index is 567. The molecule has 0 amide bonds. The average Bonchev–Trinajstić information content (AvgIpc) is 2.38. The molecule has 2 atom stereocenters. The smallest absolute Gasteiger partial charge is 0.0849 e. The summed E-state index contributed by atoms with van der Waals surface area (Å²) in [6.45, 7) is 0.643. The third-order valence-electron chi connectivity index (χ3n) is 3.45. The summed E-state index contributed by atoms with van der Waals surface area (Å²) < 4.78 is 6.83. The van der Waals surface area contributed by atoms with Crippen molar-refractivity contribution in [1.82, 2.24) is 0 Å². The van der Waals surface area contributed by atoms with Crippen LogP contribution in [0.5, 0.6) is 0 Å². The van der Waals surface area contributed by atoms with Crippen LogP contribution in [-0.2, 0) is 4.74 Å². The molecule has 94 valence electrons. The summed E-state index contributed by atoms with van der Waals surface area (Å²) in [5.74, 6) is 0. The van der Waals surface area contributed by atoms with E-state index in [1.165, 1.54) is 10.8 Å². The van der Waals surface area contributed by atoms with Crippen molar-refractivity contribution >= 4 is 26.7 Å². The predicted octanol–water partition coefficient (Wildman–Crippen LogP) is 3.81. The van der Waals surface area contributed by atoms with E-state index >= 15 is 0 Å². The third-order valence-corrected chi connectivity index (χ3v) is 3.95. The Morgan fingerprint density at radius 1 is 1.11 bits per heavy atom. The highest BCUT2D eigenvalue weighted by Crippen LogP contribution is 2.30. The van der Waals surface area contributed by atoms with E-state index in [-0.39, 0.29) is 12.2 Å². The fourth-order valence-electron chi connectivity index (χ4n) is 2.45. The Hall–Kier alpha value is -0.900. The number of hydrogen-bond acceptors (Lipinski definition) is 2. The number of fused-ring (bicyclic) bond motifs is 1. The van der Waals surface area contributed by atoms with Crippen LogP contribution in [-0.4, -0.2) is 17.8 Å². The maximum atomic E-state index is 9.70. The molecule has 0 bridgehead atoms. The number of rotatable bonds is 1. The van der Waals surface area contributed by atoms with E-state index in [1.54, 1.807) is 0 Å². The molecule has 0 radical (unpaired) electrons. The van der Waals surface area contributed by atoms with Gasteiger partial charge in [0.05, 0.1) is 12.2 Å². The van der Waals surface area contributed by atoms with E-state index < -0.39 is 0 Å². The van der Waals surface area contributed by atoms with Crippen LogP contribution in [0.1, 0.15) is 24.5 Å². The molecule has 18 heavy (non-hydrogen) atoms. The van der Waals surface area contributed by atoms with Crippen LogP contribution in [0.15, 0.2) is 40.9 Å². The molecule has 3 heteroatoms. The molecule has 1 heterocycles. The van der Waals surface area contributed by atoms with Crippen LogP contribution in [0.2, 0.25) is 0 Å². The highest BCUT2D eigenvalue weighted by Gasteiger charge is 2.22. The van der Waals surface area contributed by atoms with E-state index in [0.29, 0.717) is 13.0 Å². The van der Waals surface area contributed by atoms with Crippen molar-refractivity contribution in [1.29, 1.82) is 0 Å². The number of hydrogen-bond donors (Lipinski definition) is 1. The molecule has 2 aromatic rings. The first-order valence-electron chi connectivity index (χ1n) is 6.21. The van der Waals surface area contributed by atoms with E-state index in [2.05, 4.69) is 46.3 Å². The first kappa shape index (κ1) is 12.2. The maximum Gasteiger partial charge on any atom is 0.0849 e. The SMILES string of the molecule is OC1CCOC(c2ccc3cc(Br)ccc3c2)C1. The lowest BCUT2D eigenvalue weighted by Gasteiger charge is -2.27. The van der Waals surface area contributed by atoms with Gasteiger partial charge in [-0.1, -0.05) is 34.1 Å². The Kier molecular flexibility index (Phi) is 3.37. The zero-order valence-corrected chi connectivity index (χ0v) is 11.6. The van der Waals surface area contributed by atoms with Crippen molar-refractivity contribution in [3.05, 3.63) is 46.4 Å². The van der Waals surface area contributed by atoms with Gasteiger partial charge in [0.25, 0.3) is 0 Å². The van der Waals surface area contributed by atoms with Crippen LogP contribution in [0.3, 0.4) is 0 Å². The second-order valence-corrected chi connectivity index (χ2v) is 5.70. The molecule has 0 aromatic heterocycles. The standard InChI is InChI=1S/C15H15BrO2/c16-13-4-3-10-7-12(2-1-11(10)8-13)15-9-14(17)5-6-18-15/h1-4,7-8,14-15,17H,5-6,9H2. The molecule has 2 nitrogen and oxygen atoms in total. The largest absolute Gasteiger partial charge is 0.393 e. The van der Waals surface area contributed by atoms with Crippen LogP contribution >= 0.6 is 15.9 Å². The van der Waals surface area contributed by atoms with Gasteiger partial charge in [-0.2, -0.15) is 0 Å². The summed E-state index contributed by atoms with van der Waals surface area (Å²) in [7, 11) is 0. The number of ether oxygens (including phenoxy) is 1. The first-order chi connectivity index (χ1) is 8.72. The zero-order chi connectivity index (χ0) is 12.5. The molecular weight excluding hydrogens is 292 g/mol. The molecule has 0 aliphatic carbocycles. The molecule has 1 aliphatic heterocycles. The van der Waals surface area contributed by atoms with Crippen LogP contribution in [0, 0.1) is 0 Å².